The van der Waals surface area contributed by atoms with Crippen LogP contribution in [-0.4, -0.2) is 19.0 Å². The van der Waals surface area contributed by atoms with Gasteiger partial charge in [-0.3, -0.25) is 0 Å². The minimum absolute atomic E-state index is 0.0265. The topological polar surface area (TPSA) is 9.23 Å². The van der Waals surface area contributed by atoms with Crippen molar-refractivity contribution in [3.8, 4) is 5.75 Å². The van der Waals surface area contributed by atoms with Crippen LogP contribution >= 0.6 is 0 Å². The van der Waals surface area contributed by atoms with Gasteiger partial charge in [-0.1, -0.05) is 25.1 Å². The minimum atomic E-state index is -1.18. The van der Waals surface area contributed by atoms with Crippen LogP contribution in [-0.2, 0) is 0 Å². The minimum Gasteiger partial charge on any atom is -0.494 e. The van der Waals surface area contributed by atoms with Crippen molar-refractivity contribution in [1.82, 2.24) is 0 Å². The summed E-state index contributed by atoms with van der Waals surface area (Å²) < 4.78 is 34.0. The van der Waals surface area contributed by atoms with E-state index in [1.54, 1.807) is 0 Å². The van der Waals surface area contributed by atoms with Crippen molar-refractivity contribution >= 4 is 5.57 Å². The van der Waals surface area contributed by atoms with E-state index in [9.17, 15) is 8.78 Å². The molecule has 5 atom stereocenters. The molecule has 2 aliphatic rings. The molecule has 0 N–H and O–H groups in total. The second-order valence-corrected chi connectivity index (χ2v) is 5.88. The van der Waals surface area contributed by atoms with Gasteiger partial charge in [0.25, 0.3) is 0 Å². The van der Waals surface area contributed by atoms with Crippen LogP contribution < -0.4 is 4.74 Å². The summed E-state index contributed by atoms with van der Waals surface area (Å²) in [6.07, 6.45) is 0.498. The number of rotatable bonds is 3. The maximum absolute atomic E-state index is 14.6. The van der Waals surface area contributed by atoms with E-state index in [1.165, 1.54) is 0 Å². The Bertz CT molecular complexity index is 508. The summed E-state index contributed by atoms with van der Waals surface area (Å²) >= 11 is 0. The van der Waals surface area contributed by atoms with Crippen molar-refractivity contribution in [2.45, 2.75) is 32.6 Å². The lowest BCUT2D eigenvalue weighted by molar-refractivity contribution is 0.156. The summed E-state index contributed by atoms with van der Waals surface area (Å²) in [5.74, 6) is 0.326. The number of hydrogen-bond donors (Lipinski definition) is 0. The van der Waals surface area contributed by atoms with Crippen molar-refractivity contribution in [3.05, 3.63) is 35.9 Å². The monoisotopic (exact) mass is 278 g/mol. The largest absolute Gasteiger partial charge is 0.494 e. The van der Waals surface area contributed by atoms with E-state index in [0.717, 1.165) is 17.7 Å². The number of halogens is 2. The van der Waals surface area contributed by atoms with E-state index in [1.807, 2.05) is 44.2 Å². The van der Waals surface area contributed by atoms with Gasteiger partial charge in [0.15, 0.2) is 0 Å². The SMILES string of the molecule is CCOc1ccc(C2=CC3CC(C)C(F)C3C2F)cc1. The Morgan fingerprint density at radius 3 is 2.50 bits per heavy atom. The predicted octanol–water partition coefficient (Wildman–Crippen LogP) is 4.43. The van der Waals surface area contributed by atoms with Crippen molar-refractivity contribution in [2.24, 2.45) is 17.8 Å². The molecule has 1 saturated carbocycles. The van der Waals surface area contributed by atoms with Gasteiger partial charge in [0.2, 0.25) is 0 Å². The molecule has 20 heavy (non-hydrogen) atoms. The van der Waals surface area contributed by atoms with E-state index < -0.39 is 18.3 Å². The molecule has 1 fully saturated rings. The number of allylic oxidation sites excluding steroid dienone is 2. The third kappa shape index (κ3) is 2.13. The number of hydrogen-bond acceptors (Lipinski definition) is 1. The van der Waals surface area contributed by atoms with Crippen LogP contribution in [0.2, 0.25) is 0 Å². The number of ether oxygens (including phenoxy) is 1. The highest BCUT2D eigenvalue weighted by atomic mass is 19.1. The van der Waals surface area contributed by atoms with E-state index >= 15 is 0 Å². The molecule has 0 amide bonds. The van der Waals surface area contributed by atoms with Crippen LogP contribution in [0.1, 0.15) is 25.8 Å². The average molecular weight is 278 g/mol. The summed E-state index contributed by atoms with van der Waals surface area (Å²) in [6.45, 7) is 4.41. The molecule has 108 valence electrons. The van der Waals surface area contributed by atoms with Crippen LogP contribution in [0.3, 0.4) is 0 Å². The second-order valence-electron chi connectivity index (χ2n) is 5.88. The maximum Gasteiger partial charge on any atom is 0.132 e. The van der Waals surface area contributed by atoms with Crippen LogP contribution in [0, 0.1) is 17.8 Å². The van der Waals surface area contributed by atoms with Gasteiger partial charge in [0, 0.05) is 5.92 Å². The molecular weight excluding hydrogens is 258 g/mol. The third-order valence-corrected chi connectivity index (χ3v) is 4.58. The fraction of sp³-hybridized carbons (Fsp3) is 0.529. The quantitative estimate of drug-likeness (QED) is 0.794. The van der Waals surface area contributed by atoms with E-state index in [-0.39, 0.29) is 11.8 Å². The highest BCUT2D eigenvalue weighted by Crippen LogP contribution is 2.51. The fourth-order valence-corrected chi connectivity index (χ4v) is 3.59. The Labute approximate surface area is 118 Å². The van der Waals surface area contributed by atoms with Gasteiger partial charge in [-0.2, -0.15) is 0 Å². The highest BCUT2D eigenvalue weighted by molar-refractivity contribution is 5.72. The summed E-state index contributed by atoms with van der Waals surface area (Å²) in [5.41, 5.74) is 1.49. The Morgan fingerprint density at radius 1 is 1.20 bits per heavy atom. The molecule has 1 nitrogen and oxygen atoms in total. The Kier molecular flexibility index (Phi) is 3.53. The molecule has 2 aliphatic carbocycles. The van der Waals surface area contributed by atoms with E-state index in [4.69, 9.17) is 4.74 Å². The number of benzene rings is 1. The molecule has 0 heterocycles. The molecule has 0 aromatic heterocycles. The van der Waals surface area contributed by atoms with Gasteiger partial charge in [0.1, 0.15) is 18.1 Å². The van der Waals surface area contributed by atoms with Crippen molar-refractivity contribution in [1.29, 1.82) is 0 Å². The molecule has 3 rings (SSSR count). The lowest BCUT2D eigenvalue weighted by Gasteiger charge is -2.18. The summed E-state index contributed by atoms with van der Waals surface area (Å²) in [6, 6.07) is 7.41. The Balaban J connectivity index is 1.83. The van der Waals surface area contributed by atoms with Crippen LogP contribution in [0.25, 0.3) is 5.57 Å². The molecule has 1 aromatic rings. The van der Waals surface area contributed by atoms with Gasteiger partial charge in [0.05, 0.1) is 6.61 Å². The lowest BCUT2D eigenvalue weighted by Crippen LogP contribution is -2.24. The molecule has 3 heteroatoms. The van der Waals surface area contributed by atoms with Crippen molar-refractivity contribution in [2.75, 3.05) is 6.61 Å². The Hall–Kier alpha value is -1.38. The van der Waals surface area contributed by atoms with Crippen LogP contribution in [0.15, 0.2) is 30.3 Å². The standard InChI is InChI=1S/C17H20F2O/c1-3-20-13-6-4-11(5-7-13)14-9-12-8-10(2)16(18)15(12)17(14)19/h4-7,9-10,12,15-17H,3,8H2,1-2H3. The fourth-order valence-electron chi connectivity index (χ4n) is 3.59. The van der Waals surface area contributed by atoms with Gasteiger partial charge in [-0.15, -0.1) is 0 Å². The first-order valence-electron chi connectivity index (χ1n) is 7.35. The molecule has 0 bridgehead atoms. The number of alkyl halides is 2. The molecule has 1 aromatic carbocycles. The zero-order valence-electron chi connectivity index (χ0n) is 11.9. The molecular formula is C17H20F2O. The molecule has 0 saturated heterocycles. The van der Waals surface area contributed by atoms with E-state index in [0.29, 0.717) is 12.2 Å². The smallest absolute Gasteiger partial charge is 0.132 e. The van der Waals surface area contributed by atoms with Crippen LogP contribution in [0.5, 0.6) is 5.75 Å². The highest BCUT2D eigenvalue weighted by Gasteiger charge is 2.50. The van der Waals surface area contributed by atoms with Crippen molar-refractivity contribution < 1.29 is 13.5 Å². The van der Waals surface area contributed by atoms with Gasteiger partial charge in [-0.05, 0) is 48.4 Å². The summed E-state index contributed by atoms with van der Waals surface area (Å²) in [7, 11) is 0. The molecule has 0 radical (unpaired) electrons. The normalized spacial score (nSPS) is 35.8. The first kappa shape index (κ1) is 13.6. The maximum atomic E-state index is 14.6. The Morgan fingerprint density at radius 2 is 1.90 bits per heavy atom. The summed E-state index contributed by atoms with van der Waals surface area (Å²) in [5, 5.41) is 0. The van der Waals surface area contributed by atoms with E-state index in [2.05, 4.69) is 0 Å². The van der Waals surface area contributed by atoms with Crippen molar-refractivity contribution in [3.63, 3.8) is 0 Å². The first-order chi connectivity index (χ1) is 9.61. The average Bonchev–Trinajstić information content (AvgIpc) is 2.90. The van der Waals surface area contributed by atoms with Crippen LogP contribution in [0.4, 0.5) is 8.78 Å². The van der Waals surface area contributed by atoms with Gasteiger partial charge in [-0.25, -0.2) is 8.78 Å². The lowest BCUT2D eigenvalue weighted by atomic mass is 9.94. The number of fused-ring (bicyclic) bond motifs is 1. The van der Waals surface area contributed by atoms with Gasteiger partial charge >= 0.3 is 0 Å². The third-order valence-electron chi connectivity index (χ3n) is 4.58. The second kappa shape index (κ2) is 5.19. The van der Waals surface area contributed by atoms with Gasteiger partial charge < -0.3 is 4.74 Å². The predicted molar refractivity (Wildman–Crippen MR) is 76.1 cm³/mol. The zero-order valence-corrected chi connectivity index (χ0v) is 11.9. The molecule has 5 unspecified atom stereocenters. The zero-order chi connectivity index (χ0) is 14.3. The molecule has 0 spiro atoms. The first-order valence-corrected chi connectivity index (χ1v) is 7.35. The molecule has 0 aliphatic heterocycles. The summed E-state index contributed by atoms with van der Waals surface area (Å²) in [4.78, 5) is 0.